The van der Waals surface area contributed by atoms with Crippen LogP contribution in [0.1, 0.15) is 35.8 Å². The highest BCUT2D eigenvalue weighted by Crippen LogP contribution is 2.31. The molecule has 1 aliphatic rings. The van der Waals surface area contributed by atoms with E-state index in [-0.39, 0.29) is 0 Å². The number of aromatic nitrogens is 6. The summed E-state index contributed by atoms with van der Waals surface area (Å²) >= 11 is 1.85. The molecule has 120 valence electrons. The van der Waals surface area contributed by atoms with E-state index in [1.807, 2.05) is 11.3 Å². The van der Waals surface area contributed by atoms with Gasteiger partial charge < -0.3 is 4.90 Å². The zero-order valence-electron chi connectivity index (χ0n) is 13.3. The minimum absolute atomic E-state index is 0.685. The second-order valence-corrected chi connectivity index (χ2v) is 7.21. The Morgan fingerprint density at radius 2 is 2.35 bits per heavy atom. The van der Waals surface area contributed by atoms with Crippen LogP contribution in [0, 0.1) is 5.92 Å². The van der Waals surface area contributed by atoms with E-state index in [1.54, 1.807) is 16.9 Å². The number of tetrazole rings is 1. The SMILES string of the molecule is CCN(Cc1nc2c(s1)CC(C)CC2)c1nccn2nnnc12. The van der Waals surface area contributed by atoms with Gasteiger partial charge in [0.1, 0.15) is 5.01 Å². The zero-order chi connectivity index (χ0) is 15.8. The number of nitrogens with zero attached hydrogens (tertiary/aromatic N) is 7. The lowest BCUT2D eigenvalue weighted by Gasteiger charge is -2.20. The molecule has 0 aliphatic heterocycles. The lowest BCUT2D eigenvalue weighted by molar-refractivity contribution is 0.501. The molecule has 0 saturated carbocycles. The van der Waals surface area contributed by atoms with Crippen molar-refractivity contribution in [1.29, 1.82) is 0 Å². The van der Waals surface area contributed by atoms with Crippen molar-refractivity contribution in [2.75, 3.05) is 11.4 Å². The third-order valence-electron chi connectivity index (χ3n) is 4.34. The number of anilines is 1. The molecule has 0 bridgehead atoms. The van der Waals surface area contributed by atoms with Crippen LogP contribution in [0.3, 0.4) is 0 Å². The van der Waals surface area contributed by atoms with Crippen molar-refractivity contribution >= 4 is 22.8 Å². The van der Waals surface area contributed by atoms with Gasteiger partial charge in [-0.05, 0) is 42.5 Å². The Morgan fingerprint density at radius 3 is 3.22 bits per heavy atom. The molecule has 7 nitrogen and oxygen atoms in total. The number of aryl methyl sites for hydroxylation is 1. The third-order valence-corrected chi connectivity index (χ3v) is 5.44. The van der Waals surface area contributed by atoms with E-state index in [4.69, 9.17) is 4.98 Å². The molecule has 0 fully saturated rings. The van der Waals surface area contributed by atoms with Crippen molar-refractivity contribution < 1.29 is 0 Å². The molecular weight excluding hydrogens is 310 g/mol. The molecule has 3 aromatic rings. The van der Waals surface area contributed by atoms with Gasteiger partial charge in [0.15, 0.2) is 5.82 Å². The van der Waals surface area contributed by atoms with Gasteiger partial charge in [-0.1, -0.05) is 6.92 Å². The average Bonchev–Trinajstić information content (AvgIpc) is 3.17. The smallest absolute Gasteiger partial charge is 0.222 e. The molecule has 23 heavy (non-hydrogen) atoms. The summed E-state index contributed by atoms with van der Waals surface area (Å²) in [5.74, 6) is 1.58. The van der Waals surface area contributed by atoms with Crippen LogP contribution in [0.4, 0.5) is 5.82 Å². The minimum atomic E-state index is 0.685. The molecule has 3 heterocycles. The van der Waals surface area contributed by atoms with E-state index in [9.17, 15) is 0 Å². The van der Waals surface area contributed by atoms with Gasteiger partial charge in [0.25, 0.3) is 0 Å². The summed E-state index contributed by atoms with van der Waals surface area (Å²) in [6.07, 6.45) is 7.02. The van der Waals surface area contributed by atoms with Gasteiger partial charge in [-0.15, -0.1) is 16.4 Å². The molecule has 0 saturated heterocycles. The molecule has 4 rings (SSSR count). The molecule has 1 unspecified atom stereocenters. The molecule has 0 amide bonds. The quantitative estimate of drug-likeness (QED) is 0.730. The molecule has 1 atom stereocenters. The fourth-order valence-corrected chi connectivity index (χ4v) is 4.34. The van der Waals surface area contributed by atoms with E-state index < -0.39 is 0 Å². The van der Waals surface area contributed by atoms with Gasteiger partial charge in [-0.25, -0.2) is 9.97 Å². The van der Waals surface area contributed by atoms with E-state index >= 15 is 0 Å². The van der Waals surface area contributed by atoms with Crippen LogP contribution in [0.15, 0.2) is 12.4 Å². The second kappa shape index (κ2) is 5.84. The van der Waals surface area contributed by atoms with Gasteiger partial charge in [0, 0.05) is 17.6 Å². The first kappa shape index (κ1) is 14.5. The van der Waals surface area contributed by atoms with E-state index in [0.717, 1.165) is 36.3 Å². The van der Waals surface area contributed by atoms with E-state index in [0.29, 0.717) is 5.65 Å². The van der Waals surface area contributed by atoms with Crippen LogP contribution in [-0.2, 0) is 19.4 Å². The van der Waals surface area contributed by atoms with Crippen LogP contribution in [0.5, 0.6) is 0 Å². The summed E-state index contributed by atoms with van der Waals surface area (Å²) in [6, 6.07) is 0. The fraction of sp³-hybridized carbons (Fsp3) is 0.533. The Morgan fingerprint density at radius 1 is 1.43 bits per heavy atom. The second-order valence-electron chi connectivity index (χ2n) is 6.04. The third kappa shape index (κ3) is 2.67. The van der Waals surface area contributed by atoms with E-state index in [2.05, 4.69) is 39.3 Å². The highest BCUT2D eigenvalue weighted by molar-refractivity contribution is 7.11. The van der Waals surface area contributed by atoms with E-state index in [1.165, 1.54) is 23.4 Å². The van der Waals surface area contributed by atoms with Gasteiger partial charge in [0.2, 0.25) is 5.65 Å². The summed E-state index contributed by atoms with van der Waals surface area (Å²) in [6.45, 7) is 6.02. The number of hydrogen-bond acceptors (Lipinski definition) is 7. The highest BCUT2D eigenvalue weighted by atomic mass is 32.1. The van der Waals surface area contributed by atoms with Crippen molar-refractivity contribution in [3.63, 3.8) is 0 Å². The maximum atomic E-state index is 4.86. The Bertz CT molecular complexity index is 824. The van der Waals surface area contributed by atoms with Crippen LogP contribution in [0.2, 0.25) is 0 Å². The first-order valence-corrected chi connectivity index (χ1v) is 8.81. The van der Waals surface area contributed by atoms with Crippen molar-refractivity contribution in [1.82, 2.24) is 30.0 Å². The summed E-state index contributed by atoms with van der Waals surface area (Å²) < 4.78 is 1.65. The Labute approximate surface area is 138 Å². The minimum Gasteiger partial charge on any atom is -0.347 e. The number of fused-ring (bicyclic) bond motifs is 2. The van der Waals surface area contributed by atoms with Crippen molar-refractivity contribution in [3.8, 4) is 0 Å². The molecular formula is C15H19N7S. The largest absolute Gasteiger partial charge is 0.347 e. The molecule has 0 spiro atoms. The van der Waals surface area contributed by atoms with Crippen LogP contribution >= 0.6 is 11.3 Å². The number of rotatable bonds is 4. The lowest BCUT2D eigenvalue weighted by Crippen LogP contribution is -2.24. The Hall–Kier alpha value is -2.09. The van der Waals surface area contributed by atoms with Crippen molar-refractivity contribution in [2.24, 2.45) is 5.92 Å². The molecule has 0 N–H and O–H groups in total. The van der Waals surface area contributed by atoms with Crippen molar-refractivity contribution in [2.45, 2.75) is 39.7 Å². The van der Waals surface area contributed by atoms with Gasteiger partial charge >= 0.3 is 0 Å². The summed E-state index contributed by atoms with van der Waals surface area (Å²) in [7, 11) is 0. The van der Waals surface area contributed by atoms with Crippen LogP contribution in [0.25, 0.3) is 5.65 Å². The van der Waals surface area contributed by atoms with Crippen LogP contribution < -0.4 is 4.90 Å². The normalized spacial score (nSPS) is 17.4. The summed E-state index contributed by atoms with van der Waals surface area (Å²) in [5, 5.41) is 12.9. The maximum absolute atomic E-state index is 4.86. The predicted octanol–water partition coefficient (Wildman–Crippen LogP) is 2.13. The lowest BCUT2D eigenvalue weighted by atomic mass is 9.93. The topological polar surface area (TPSA) is 72.1 Å². The first-order valence-electron chi connectivity index (χ1n) is 7.99. The van der Waals surface area contributed by atoms with Gasteiger partial charge in [-0.2, -0.15) is 4.52 Å². The molecule has 0 radical (unpaired) electrons. The Balaban J connectivity index is 1.63. The summed E-state index contributed by atoms with van der Waals surface area (Å²) in [5.41, 5.74) is 1.98. The molecule has 8 heteroatoms. The molecule has 0 aromatic carbocycles. The monoisotopic (exact) mass is 329 g/mol. The fourth-order valence-electron chi connectivity index (χ4n) is 3.05. The summed E-state index contributed by atoms with van der Waals surface area (Å²) in [4.78, 5) is 13.0. The van der Waals surface area contributed by atoms with Crippen LogP contribution in [-0.4, -0.2) is 36.6 Å². The first-order chi connectivity index (χ1) is 11.2. The average molecular weight is 329 g/mol. The highest BCUT2D eigenvalue weighted by Gasteiger charge is 2.21. The van der Waals surface area contributed by atoms with Gasteiger partial charge in [0.05, 0.1) is 18.4 Å². The molecule has 1 aliphatic carbocycles. The number of thiazole rings is 1. The maximum Gasteiger partial charge on any atom is 0.222 e. The predicted molar refractivity (Wildman–Crippen MR) is 88.6 cm³/mol. The standard InChI is InChI=1S/C15H19N7S/c1-3-21(14-15-18-19-20-22(15)7-6-16-14)9-13-17-11-5-4-10(2)8-12(11)23-13/h6-7,10H,3-5,8-9H2,1-2H3. The molecule has 3 aromatic heterocycles. The number of hydrogen-bond donors (Lipinski definition) is 0. The van der Waals surface area contributed by atoms with Crippen molar-refractivity contribution in [3.05, 3.63) is 28.0 Å². The Kier molecular flexibility index (Phi) is 3.68. The zero-order valence-corrected chi connectivity index (χ0v) is 14.1. The van der Waals surface area contributed by atoms with Gasteiger partial charge in [-0.3, -0.25) is 0 Å².